The number of aromatic amines is 1. The monoisotopic (exact) mass is 466 g/mol. The third-order valence-corrected chi connectivity index (χ3v) is 7.16. The highest BCUT2D eigenvalue weighted by Gasteiger charge is 2.52. The van der Waals surface area contributed by atoms with Crippen molar-refractivity contribution < 1.29 is 19.1 Å². The van der Waals surface area contributed by atoms with Gasteiger partial charge in [-0.1, -0.05) is 19.9 Å². The van der Waals surface area contributed by atoms with Crippen molar-refractivity contribution >= 4 is 11.9 Å². The molecule has 4 rings (SSSR count). The van der Waals surface area contributed by atoms with Gasteiger partial charge in [0.1, 0.15) is 17.2 Å². The van der Waals surface area contributed by atoms with E-state index < -0.39 is 5.54 Å². The highest BCUT2D eigenvalue weighted by Crippen LogP contribution is 2.47. The molecular weight excluding hydrogens is 432 g/mol. The van der Waals surface area contributed by atoms with Crippen LogP contribution in [0, 0.1) is 0 Å². The largest absolute Gasteiger partial charge is 0.497 e. The summed E-state index contributed by atoms with van der Waals surface area (Å²) in [5, 5.41) is 3.01. The van der Waals surface area contributed by atoms with Crippen LogP contribution in [0.5, 0.6) is 11.5 Å². The van der Waals surface area contributed by atoms with E-state index in [1.165, 1.54) is 0 Å². The predicted octanol–water partition coefficient (Wildman–Crippen LogP) is 4.26. The second-order valence-electron chi connectivity index (χ2n) is 8.83. The minimum absolute atomic E-state index is 0.00636. The Morgan fingerprint density at radius 3 is 2.68 bits per heavy atom. The van der Waals surface area contributed by atoms with E-state index in [1.807, 2.05) is 28.9 Å². The Balaban J connectivity index is 1.69. The van der Waals surface area contributed by atoms with Gasteiger partial charge in [-0.15, -0.1) is 0 Å². The van der Waals surface area contributed by atoms with Crippen LogP contribution in [0.1, 0.15) is 61.1 Å². The molecule has 1 unspecified atom stereocenters. The molecule has 2 aromatic rings. The Morgan fingerprint density at radius 2 is 2.06 bits per heavy atom. The van der Waals surface area contributed by atoms with Crippen molar-refractivity contribution in [3.8, 4) is 11.5 Å². The number of hydrogen-bond acceptors (Lipinski definition) is 4. The number of allylic oxidation sites excluding steroid dienone is 1. The molecule has 2 aliphatic heterocycles. The summed E-state index contributed by atoms with van der Waals surface area (Å²) >= 11 is 0. The van der Waals surface area contributed by atoms with Gasteiger partial charge in [-0.2, -0.15) is 0 Å². The fourth-order valence-electron chi connectivity index (χ4n) is 5.50. The van der Waals surface area contributed by atoms with E-state index in [-0.39, 0.29) is 17.9 Å². The maximum Gasteiger partial charge on any atom is 0.325 e. The molecule has 1 fully saturated rings. The number of carbonyl (C=O) groups excluding carboxylic acids is 2. The van der Waals surface area contributed by atoms with E-state index in [0.717, 1.165) is 29.0 Å². The van der Waals surface area contributed by atoms with Gasteiger partial charge < -0.3 is 24.7 Å². The molecule has 3 heterocycles. The molecular formula is C26H34N4O4. The molecule has 34 heavy (non-hydrogen) atoms. The molecule has 1 aromatic carbocycles. The summed E-state index contributed by atoms with van der Waals surface area (Å²) < 4.78 is 11.2. The van der Waals surface area contributed by atoms with E-state index in [0.29, 0.717) is 37.5 Å². The lowest BCUT2D eigenvalue weighted by atomic mass is 9.85. The van der Waals surface area contributed by atoms with Crippen LogP contribution in [0.15, 0.2) is 42.2 Å². The molecule has 2 aliphatic rings. The van der Waals surface area contributed by atoms with Crippen LogP contribution in [0.4, 0.5) is 4.79 Å². The summed E-state index contributed by atoms with van der Waals surface area (Å²) in [6.07, 6.45) is 5.30. The van der Waals surface area contributed by atoms with Crippen LogP contribution < -0.4 is 14.8 Å². The van der Waals surface area contributed by atoms with Gasteiger partial charge in [-0.05, 0) is 43.5 Å². The van der Waals surface area contributed by atoms with Crippen LogP contribution in [-0.2, 0) is 6.54 Å². The van der Waals surface area contributed by atoms with Crippen molar-refractivity contribution in [2.24, 2.45) is 0 Å². The van der Waals surface area contributed by atoms with Gasteiger partial charge in [-0.25, -0.2) is 4.79 Å². The maximum absolute atomic E-state index is 13.7. The quantitative estimate of drug-likeness (QED) is 0.609. The first-order valence-corrected chi connectivity index (χ1v) is 11.9. The van der Waals surface area contributed by atoms with Crippen molar-refractivity contribution in [1.82, 2.24) is 20.1 Å². The minimum Gasteiger partial charge on any atom is -0.497 e. The number of nitrogens with zero attached hydrogens (tertiary/aromatic N) is 2. The summed E-state index contributed by atoms with van der Waals surface area (Å²) in [6, 6.07) is 7.43. The summed E-state index contributed by atoms with van der Waals surface area (Å²) in [5.41, 5.74) is 3.13. The molecule has 8 nitrogen and oxygen atoms in total. The maximum atomic E-state index is 13.7. The number of hydrogen-bond donors (Lipinski definition) is 2. The number of H-pyrrole nitrogens is 1. The Kier molecular flexibility index (Phi) is 6.59. The average Bonchev–Trinajstić information content (AvgIpc) is 3.41. The van der Waals surface area contributed by atoms with Crippen LogP contribution in [0.2, 0.25) is 0 Å². The lowest BCUT2D eigenvalue weighted by Crippen LogP contribution is -2.48. The van der Waals surface area contributed by atoms with Gasteiger partial charge in [-0.3, -0.25) is 9.69 Å². The number of fused-ring (bicyclic) bond motifs is 2. The number of urea groups is 1. The zero-order valence-corrected chi connectivity index (χ0v) is 20.6. The lowest BCUT2D eigenvalue weighted by Gasteiger charge is -2.37. The second kappa shape index (κ2) is 9.44. The first-order valence-electron chi connectivity index (χ1n) is 11.9. The van der Waals surface area contributed by atoms with Gasteiger partial charge in [0, 0.05) is 42.5 Å². The Labute approximate surface area is 200 Å². The molecule has 3 amide bonds. The Bertz CT molecular complexity index is 1090. The zero-order valence-electron chi connectivity index (χ0n) is 20.6. The number of methoxy groups -OCH3 is 2. The number of benzene rings is 1. The lowest BCUT2D eigenvalue weighted by molar-refractivity contribution is 0.0940. The number of amides is 3. The summed E-state index contributed by atoms with van der Waals surface area (Å²) in [6.45, 7) is 7.75. The van der Waals surface area contributed by atoms with Crippen molar-refractivity contribution in [3.63, 3.8) is 0 Å². The predicted molar refractivity (Wildman–Crippen MR) is 130 cm³/mol. The standard InChI is InChI=1S/C26H34N4O4/c1-6-26(10-12-28-24(31)20-9-8-11-27-20)22-13-17(3)23-18(14-19(33-4)15-21(23)34-5)16-29(22)25(32)30(26)7-2/h8-9,11,13-15,17,27H,6-7,10,12,16H2,1-5H3,(H,28,31)/t17-,26?/m0/s1. The molecule has 8 heteroatoms. The van der Waals surface area contributed by atoms with E-state index in [1.54, 1.807) is 32.5 Å². The molecule has 0 aliphatic carbocycles. The van der Waals surface area contributed by atoms with E-state index in [2.05, 4.69) is 30.2 Å². The topological polar surface area (TPSA) is 86.9 Å². The second-order valence-corrected chi connectivity index (χ2v) is 8.83. The highest BCUT2D eigenvalue weighted by atomic mass is 16.5. The van der Waals surface area contributed by atoms with Gasteiger partial charge in [0.05, 0.1) is 26.3 Å². The summed E-state index contributed by atoms with van der Waals surface area (Å²) in [4.78, 5) is 32.9. The average molecular weight is 467 g/mol. The van der Waals surface area contributed by atoms with Gasteiger partial charge >= 0.3 is 6.03 Å². The van der Waals surface area contributed by atoms with Crippen molar-refractivity contribution in [1.29, 1.82) is 0 Å². The molecule has 0 radical (unpaired) electrons. The van der Waals surface area contributed by atoms with Crippen molar-refractivity contribution in [2.75, 3.05) is 27.3 Å². The third-order valence-electron chi connectivity index (χ3n) is 7.16. The molecule has 1 aromatic heterocycles. The van der Waals surface area contributed by atoms with Crippen LogP contribution in [-0.4, -0.2) is 59.6 Å². The SMILES string of the molecule is CCN1C(=O)N2Cc3cc(OC)cc(OC)c3[C@@H](C)C=C2C1(CC)CCNC(=O)c1ccc[nH]1. The van der Waals surface area contributed by atoms with Gasteiger partial charge in [0.2, 0.25) is 0 Å². The molecule has 0 saturated carbocycles. The van der Waals surface area contributed by atoms with Crippen LogP contribution >= 0.6 is 0 Å². The van der Waals surface area contributed by atoms with Gasteiger partial charge in [0.15, 0.2) is 0 Å². The van der Waals surface area contributed by atoms with E-state index >= 15 is 0 Å². The number of nitrogens with one attached hydrogen (secondary N) is 2. The first-order chi connectivity index (χ1) is 16.4. The number of likely N-dealkylation sites (N-methyl/N-ethyl adjacent to an activating group) is 1. The number of rotatable bonds is 8. The van der Waals surface area contributed by atoms with Crippen molar-refractivity contribution in [3.05, 3.63) is 59.1 Å². The molecule has 0 bridgehead atoms. The molecule has 0 spiro atoms. The molecule has 1 saturated heterocycles. The fourth-order valence-corrected chi connectivity index (χ4v) is 5.50. The normalized spacial score (nSPS) is 21.5. The van der Waals surface area contributed by atoms with Crippen LogP contribution in [0.25, 0.3) is 0 Å². The third kappa shape index (κ3) is 3.81. The molecule has 182 valence electrons. The number of ether oxygens (including phenoxy) is 2. The number of aromatic nitrogens is 1. The smallest absolute Gasteiger partial charge is 0.325 e. The molecule has 2 N–H and O–H groups in total. The number of carbonyl (C=O) groups is 2. The molecule has 2 atom stereocenters. The first kappa shape index (κ1) is 23.7. The Hall–Kier alpha value is -3.42. The summed E-state index contributed by atoms with van der Waals surface area (Å²) in [7, 11) is 3.29. The highest BCUT2D eigenvalue weighted by molar-refractivity contribution is 5.92. The van der Waals surface area contributed by atoms with Gasteiger partial charge in [0.25, 0.3) is 5.91 Å². The Morgan fingerprint density at radius 1 is 1.26 bits per heavy atom. The fraction of sp³-hybridized carbons (Fsp3) is 0.462. The summed E-state index contributed by atoms with van der Waals surface area (Å²) in [5.74, 6) is 1.37. The minimum atomic E-state index is -0.498. The zero-order chi connectivity index (χ0) is 24.5. The van der Waals surface area contributed by atoms with Crippen LogP contribution in [0.3, 0.4) is 0 Å². The van der Waals surface area contributed by atoms with Crippen molar-refractivity contribution in [2.45, 2.75) is 51.6 Å². The van der Waals surface area contributed by atoms with E-state index in [4.69, 9.17) is 9.47 Å². The van der Waals surface area contributed by atoms with E-state index in [9.17, 15) is 9.59 Å².